The fraction of sp³-hybridized carbons (Fsp3) is 0.394. The third-order valence-electron chi connectivity index (χ3n) is 6.91. The predicted octanol–water partition coefficient (Wildman–Crippen LogP) is 7.58. The SMILES string of the molecule is CC(C)c1ccc(OCCCCn2c(CCCCCNC(=O)COc3ccc(Cl)cc3)nc3ccccc32)cc1. The van der Waals surface area contributed by atoms with Gasteiger partial charge in [0.15, 0.2) is 6.61 Å². The summed E-state index contributed by atoms with van der Waals surface area (Å²) >= 11 is 5.87. The Balaban J connectivity index is 1.16. The Labute approximate surface area is 242 Å². The number of hydrogen-bond donors (Lipinski definition) is 1. The molecule has 0 radical (unpaired) electrons. The Kier molecular flexibility index (Phi) is 11.3. The molecule has 0 fully saturated rings. The molecule has 6 nitrogen and oxygen atoms in total. The number of rotatable bonds is 16. The fourth-order valence-corrected chi connectivity index (χ4v) is 4.75. The van der Waals surface area contributed by atoms with Gasteiger partial charge >= 0.3 is 0 Å². The highest BCUT2D eigenvalue weighted by Crippen LogP contribution is 2.21. The quantitative estimate of drug-likeness (QED) is 0.143. The lowest BCUT2D eigenvalue weighted by Crippen LogP contribution is -2.29. The number of imidazole rings is 1. The van der Waals surface area contributed by atoms with Crippen LogP contribution in [0.5, 0.6) is 11.5 Å². The van der Waals surface area contributed by atoms with Crippen molar-refractivity contribution in [2.45, 2.75) is 64.8 Å². The van der Waals surface area contributed by atoms with Crippen LogP contribution in [0.2, 0.25) is 5.02 Å². The highest BCUT2D eigenvalue weighted by molar-refractivity contribution is 6.30. The number of para-hydroxylation sites is 2. The maximum absolute atomic E-state index is 12.1. The van der Waals surface area contributed by atoms with Crippen LogP contribution in [0.4, 0.5) is 0 Å². The van der Waals surface area contributed by atoms with Crippen LogP contribution in [0.1, 0.15) is 63.3 Å². The third kappa shape index (κ3) is 9.02. The average Bonchev–Trinajstić information content (AvgIpc) is 3.31. The number of amides is 1. The molecule has 3 aromatic carbocycles. The van der Waals surface area contributed by atoms with Gasteiger partial charge in [-0.1, -0.05) is 56.1 Å². The molecule has 0 aliphatic heterocycles. The van der Waals surface area contributed by atoms with Gasteiger partial charge in [-0.15, -0.1) is 0 Å². The first-order valence-corrected chi connectivity index (χ1v) is 14.7. The van der Waals surface area contributed by atoms with Crippen molar-refractivity contribution in [1.82, 2.24) is 14.9 Å². The Bertz CT molecular complexity index is 1330. The molecule has 0 saturated heterocycles. The van der Waals surface area contributed by atoms with E-state index in [4.69, 9.17) is 26.1 Å². The minimum Gasteiger partial charge on any atom is -0.494 e. The van der Waals surface area contributed by atoms with Gasteiger partial charge in [0.25, 0.3) is 5.91 Å². The van der Waals surface area contributed by atoms with Crippen molar-refractivity contribution in [3.05, 3.63) is 89.2 Å². The molecule has 4 aromatic rings. The van der Waals surface area contributed by atoms with Crippen LogP contribution in [-0.2, 0) is 17.8 Å². The number of nitrogens with zero attached hydrogens (tertiary/aromatic N) is 2. The van der Waals surface area contributed by atoms with E-state index in [0.29, 0.717) is 29.8 Å². The topological polar surface area (TPSA) is 65.4 Å². The normalized spacial score (nSPS) is 11.2. The maximum atomic E-state index is 12.1. The number of hydrogen-bond acceptors (Lipinski definition) is 4. The molecule has 1 N–H and O–H groups in total. The number of aryl methyl sites for hydroxylation is 2. The zero-order valence-electron chi connectivity index (χ0n) is 23.6. The van der Waals surface area contributed by atoms with E-state index < -0.39 is 0 Å². The first-order valence-electron chi connectivity index (χ1n) is 14.3. The molecule has 0 saturated carbocycles. The van der Waals surface area contributed by atoms with E-state index in [1.807, 2.05) is 6.07 Å². The molecule has 0 spiro atoms. The number of nitrogens with one attached hydrogen (secondary N) is 1. The van der Waals surface area contributed by atoms with E-state index in [1.165, 1.54) is 11.1 Å². The highest BCUT2D eigenvalue weighted by Gasteiger charge is 2.10. The van der Waals surface area contributed by atoms with Crippen molar-refractivity contribution >= 4 is 28.5 Å². The van der Waals surface area contributed by atoms with E-state index >= 15 is 0 Å². The van der Waals surface area contributed by atoms with E-state index in [1.54, 1.807) is 24.3 Å². The van der Waals surface area contributed by atoms with Gasteiger partial charge in [-0.05, 0) is 85.7 Å². The molecule has 0 bridgehead atoms. The van der Waals surface area contributed by atoms with Crippen LogP contribution in [0.15, 0.2) is 72.8 Å². The standard InChI is InChI=1S/C33H40ClN3O3/c1-25(2)26-13-17-28(18-14-26)39-23-9-8-22-37-31-11-6-5-10-30(31)36-32(37)12-4-3-7-21-35-33(38)24-40-29-19-15-27(34)16-20-29/h5-6,10-11,13-20,25H,3-4,7-9,12,21-24H2,1-2H3,(H,35,38). The molecule has 1 amide bonds. The summed E-state index contributed by atoms with van der Waals surface area (Å²) in [5.74, 6) is 3.11. The molecule has 0 aliphatic rings. The van der Waals surface area contributed by atoms with Crippen LogP contribution in [0.25, 0.3) is 11.0 Å². The smallest absolute Gasteiger partial charge is 0.257 e. The Morgan fingerprint density at radius 2 is 1.60 bits per heavy atom. The molecule has 4 rings (SSSR count). The Morgan fingerprint density at radius 1 is 0.875 bits per heavy atom. The lowest BCUT2D eigenvalue weighted by atomic mass is 10.0. The number of ether oxygens (including phenoxy) is 2. The minimum absolute atomic E-state index is 0.00110. The zero-order chi connectivity index (χ0) is 28.2. The van der Waals surface area contributed by atoms with Gasteiger partial charge in [0.05, 0.1) is 17.6 Å². The zero-order valence-corrected chi connectivity index (χ0v) is 24.3. The first-order chi connectivity index (χ1) is 19.5. The van der Waals surface area contributed by atoms with Crippen molar-refractivity contribution in [3.63, 3.8) is 0 Å². The van der Waals surface area contributed by atoms with Crippen LogP contribution in [0, 0.1) is 0 Å². The lowest BCUT2D eigenvalue weighted by molar-refractivity contribution is -0.123. The van der Waals surface area contributed by atoms with Gasteiger partial charge < -0.3 is 19.4 Å². The van der Waals surface area contributed by atoms with E-state index in [9.17, 15) is 4.79 Å². The number of benzene rings is 3. The van der Waals surface area contributed by atoms with Gasteiger partial charge in [-0.3, -0.25) is 4.79 Å². The predicted molar refractivity (Wildman–Crippen MR) is 163 cm³/mol. The number of halogens is 1. The van der Waals surface area contributed by atoms with Crippen LogP contribution >= 0.6 is 11.6 Å². The van der Waals surface area contributed by atoms with Gasteiger partial charge in [0.2, 0.25) is 0 Å². The molecule has 0 unspecified atom stereocenters. The first kappa shape index (κ1) is 29.5. The molecule has 212 valence electrons. The van der Waals surface area contributed by atoms with Crippen molar-refractivity contribution in [3.8, 4) is 11.5 Å². The number of carbonyl (C=O) groups is 1. The number of unbranched alkanes of at least 4 members (excludes halogenated alkanes) is 3. The van der Waals surface area contributed by atoms with Crippen molar-refractivity contribution in [2.75, 3.05) is 19.8 Å². The van der Waals surface area contributed by atoms with Crippen LogP contribution < -0.4 is 14.8 Å². The minimum atomic E-state index is -0.117. The lowest BCUT2D eigenvalue weighted by Gasteiger charge is -2.11. The monoisotopic (exact) mass is 561 g/mol. The molecule has 0 aliphatic carbocycles. The van der Waals surface area contributed by atoms with Gasteiger partial charge in [0, 0.05) is 24.5 Å². The van der Waals surface area contributed by atoms with E-state index in [2.05, 4.69) is 66.2 Å². The van der Waals surface area contributed by atoms with Gasteiger partial charge in [0.1, 0.15) is 17.3 Å². The van der Waals surface area contributed by atoms with Crippen LogP contribution in [-0.4, -0.2) is 35.2 Å². The molecule has 7 heteroatoms. The van der Waals surface area contributed by atoms with Crippen molar-refractivity contribution in [2.24, 2.45) is 0 Å². The summed E-state index contributed by atoms with van der Waals surface area (Å²) in [7, 11) is 0. The molecule has 1 heterocycles. The Morgan fingerprint density at radius 3 is 2.38 bits per heavy atom. The highest BCUT2D eigenvalue weighted by atomic mass is 35.5. The van der Waals surface area contributed by atoms with Gasteiger partial charge in [-0.2, -0.15) is 0 Å². The number of carbonyl (C=O) groups excluding carboxylic acids is 1. The van der Waals surface area contributed by atoms with E-state index in [0.717, 1.165) is 62.2 Å². The second kappa shape index (κ2) is 15.3. The molecule has 1 aromatic heterocycles. The number of aromatic nitrogens is 2. The second-order valence-corrected chi connectivity index (χ2v) is 10.8. The van der Waals surface area contributed by atoms with Crippen molar-refractivity contribution < 1.29 is 14.3 Å². The molecular formula is C33H40ClN3O3. The van der Waals surface area contributed by atoms with Crippen LogP contribution in [0.3, 0.4) is 0 Å². The number of fused-ring (bicyclic) bond motifs is 1. The van der Waals surface area contributed by atoms with E-state index in [-0.39, 0.29) is 12.5 Å². The Hall–Kier alpha value is -3.51. The summed E-state index contributed by atoms with van der Waals surface area (Å²) in [6.45, 7) is 6.67. The second-order valence-electron chi connectivity index (χ2n) is 10.4. The average molecular weight is 562 g/mol. The van der Waals surface area contributed by atoms with Gasteiger partial charge in [-0.25, -0.2) is 4.98 Å². The molecule has 40 heavy (non-hydrogen) atoms. The molecule has 0 atom stereocenters. The summed E-state index contributed by atoms with van der Waals surface area (Å²) in [4.78, 5) is 17.0. The molecular weight excluding hydrogens is 522 g/mol. The van der Waals surface area contributed by atoms with Crippen molar-refractivity contribution in [1.29, 1.82) is 0 Å². The fourth-order valence-electron chi connectivity index (χ4n) is 4.62. The summed E-state index contributed by atoms with van der Waals surface area (Å²) in [5.41, 5.74) is 3.57. The summed E-state index contributed by atoms with van der Waals surface area (Å²) in [5, 5.41) is 3.57. The summed E-state index contributed by atoms with van der Waals surface area (Å²) in [6, 6.07) is 23.8. The maximum Gasteiger partial charge on any atom is 0.257 e. The largest absolute Gasteiger partial charge is 0.494 e. The third-order valence-corrected chi connectivity index (χ3v) is 7.16. The summed E-state index contributed by atoms with van der Waals surface area (Å²) < 4.78 is 13.8. The summed E-state index contributed by atoms with van der Waals surface area (Å²) in [6.07, 6.45) is 5.89.